The minimum atomic E-state index is 0. The number of fused-ring (bicyclic) bond motifs is 1. The van der Waals surface area contributed by atoms with Gasteiger partial charge in [-0.1, -0.05) is 0 Å². The van der Waals surface area contributed by atoms with Crippen molar-refractivity contribution in [1.29, 1.82) is 0 Å². The van der Waals surface area contributed by atoms with Gasteiger partial charge in [-0.15, -0.1) is 0 Å². The van der Waals surface area contributed by atoms with E-state index in [-0.39, 0.29) is 24.8 Å². The first-order chi connectivity index (χ1) is 11.7. The second kappa shape index (κ2) is 11.5. The van der Waals surface area contributed by atoms with Gasteiger partial charge in [0.15, 0.2) is 0 Å². The van der Waals surface area contributed by atoms with E-state index in [1.54, 1.807) is 35.9 Å². The molecular formula is C23H27Cl2Zr. The average Bonchev–Trinajstić information content (AvgIpc) is 2.95. The van der Waals surface area contributed by atoms with E-state index in [2.05, 4.69) is 62.4 Å². The van der Waals surface area contributed by atoms with Crippen LogP contribution in [0.1, 0.15) is 66.3 Å². The van der Waals surface area contributed by atoms with Gasteiger partial charge in [0.2, 0.25) is 0 Å². The van der Waals surface area contributed by atoms with Gasteiger partial charge < -0.3 is 24.8 Å². The van der Waals surface area contributed by atoms with Crippen LogP contribution in [-0.2, 0) is 31.1 Å². The number of hydrogen-bond acceptors (Lipinski definition) is 0. The molecule has 0 saturated carbocycles. The molecule has 3 rings (SSSR count). The summed E-state index contributed by atoms with van der Waals surface area (Å²) in [6, 6.07) is 16.1. The Morgan fingerprint density at radius 1 is 0.846 bits per heavy atom. The topological polar surface area (TPSA) is 0 Å². The number of hydrogen-bond donors (Lipinski definition) is 0. The number of halogens is 2. The molecule has 137 valence electrons. The summed E-state index contributed by atoms with van der Waals surface area (Å²) in [6.45, 7) is 4.54. The third-order valence-electron chi connectivity index (χ3n) is 5.05. The van der Waals surface area contributed by atoms with E-state index in [0.29, 0.717) is 3.63 Å². The largest absolute Gasteiger partial charge is 1.00 e. The molecule has 0 bridgehead atoms. The minimum Gasteiger partial charge on any atom is -1.00 e. The van der Waals surface area contributed by atoms with Gasteiger partial charge in [0.1, 0.15) is 0 Å². The van der Waals surface area contributed by atoms with Crippen LogP contribution in [0.3, 0.4) is 0 Å². The maximum atomic E-state index is 2.49. The molecule has 2 aromatic rings. The van der Waals surface area contributed by atoms with E-state index in [1.807, 2.05) is 0 Å². The molecule has 0 aromatic heterocycles. The van der Waals surface area contributed by atoms with Crippen molar-refractivity contribution < 1.29 is 49.5 Å². The van der Waals surface area contributed by atoms with E-state index in [4.69, 9.17) is 0 Å². The summed E-state index contributed by atoms with van der Waals surface area (Å²) < 4.78 is 0.669. The van der Waals surface area contributed by atoms with Crippen molar-refractivity contribution in [3.8, 4) is 11.1 Å². The fraction of sp³-hybridized carbons (Fsp3) is 0.391. The summed E-state index contributed by atoms with van der Waals surface area (Å²) in [5.41, 5.74) is 8.91. The van der Waals surface area contributed by atoms with E-state index in [1.165, 1.54) is 60.8 Å². The zero-order valence-electron chi connectivity index (χ0n) is 15.7. The predicted molar refractivity (Wildman–Crippen MR) is 101 cm³/mol. The molecule has 0 nitrogen and oxygen atoms in total. The fourth-order valence-electron chi connectivity index (χ4n) is 3.55. The van der Waals surface area contributed by atoms with Crippen LogP contribution in [0.4, 0.5) is 0 Å². The van der Waals surface area contributed by atoms with Crippen LogP contribution in [0.2, 0.25) is 0 Å². The summed E-state index contributed by atoms with van der Waals surface area (Å²) >= 11 is 1.62. The van der Waals surface area contributed by atoms with E-state index >= 15 is 0 Å². The Hall–Kier alpha value is -0.357. The van der Waals surface area contributed by atoms with Crippen molar-refractivity contribution in [3.05, 3.63) is 64.7 Å². The zero-order chi connectivity index (χ0) is 16.9. The summed E-state index contributed by atoms with van der Waals surface area (Å²) in [5, 5.41) is 0. The molecular weight excluding hydrogens is 438 g/mol. The van der Waals surface area contributed by atoms with Crippen LogP contribution in [0.5, 0.6) is 0 Å². The molecule has 0 saturated heterocycles. The molecule has 1 unspecified atom stereocenters. The Morgan fingerprint density at radius 2 is 1.50 bits per heavy atom. The van der Waals surface area contributed by atoms with E-state index < -0.39 is 0 Å². The van der Waals surface area contributed by atoms with Gasteiger partial charge in [0, 0.05) is 0 Å². The van der Waals surface area contributed by atoms with Gasteiger partial charge in [-0.25, -0.2) is 0 Å². The van der Waals surface area contributed by atoms with E-state index in [0.717, 1.165) is 0 Å². The number of unbranched alkanes of at least 4 members (excludes halogenated alkanes) is 2. The van der Waals surface area contributed by atoms with Gasteiger partial charge in [-0.05, 0) is 0 Å². The molecule has 2 aromatic carbocycles. The third kappa shape index (κ3) is 5.34. The van der Waals surface area contributed by atoms with Crippen molar-refractivity contribution in [1.82, 2.24) is 0 Å². The van der Waals surface area contributed by atoms with Gasteiger partial charge in [-0.3, -0.25) is 0 Å². The summed E-state index contributed by atoms with van der Waals surface area (Å²) in [7, 11) is 0. The molecule has 0 amide bonds. The summed E-state index contributed by atoms with van der Waals surface area (Å²) in [6.07, 6.45) is 10.1. The minimum absolute atomic E-state index is 0. The second-order valence-corrected chi connectivity index (χ2v) is 8.28. The van der Waals surface area contributed by atoms with Crippen LogP contribution in [-0.4, -0.2) is 0 Å². The first-order valence-corrected chi connectivity index (χ1v) is 10.8. The molecule has 0 N–H and O–H groups in total. The molecule has 0 radical (unpaired) electrons. The first-order valence-electron chi connectivity index (χ1n) is 9.38. The van der Waals surface area contributed by atoms with E-state index in [9.17, 15) is 0 Å². The quantitative estimate of drug-likeness (QED) is 0.570. The standard InChI is InChI=1S/C23H27.2ClH.Zr/c1-3-5-8-18-12-14-20(15-13-18)22-11-7-10-21-16-19(9-6-4-2)17-23(21)22;;;/h7,10-17H,3-6,8-9H2,1-2H3;2*1H;/q;;;+2/p-2. The van der Waals surface area contributed by atoms with Crippen molar-refractivity contribution in [3.63, 3.8) is 0 Å². The number of benzene rings is 2. The van der Waals surface area contributed by atoms with Crippen LogP contribution in [0.25, 0.3) is 17.2 Å². The maximum Gasteiger partial charge on any atom is -1.00 e. The molecule has 1 atom stereocenters. The number of rotatable bonds is 7. The average molecular weight is 466 g/mol. The van der Waals surface area contributed by atoms with Crippen molar-refractivity contribution in [2.24, 2.45) is 0 Å². The van der Waals surface area contributed by atoms with Crippen molar-refractivity contribution in [2.75, 3.05) is 0 Å². The predicted octanol–water partition coefficient (Wildman–Crippen LogP) is 0.879. The maximum absolute atomic E-state index is 2.49. The number of aryl methyl sites for hydroxylation is 1. The van der Waals surface area contributed by atoms with Crippen molar-refractivity contribution >= 4 is 6.08 Å². The molecule has 0 heterocycles. The third-order valence-corrected chi connectivity index (χ3v) is 6.73. The first kappa shape index (κ1) is 23.7. The van der Waals surface area contributed by atoms with Gasteiger partial charge in [0.25, 0.3) is 0 Å². The normalized spacial score (nSPS) is 14.9. The van der Waals surface area contributed by atoms with Crippen LogP contribution in [0, 0.1) is 0 Å². The van der Waals surface area contributed by atoms with Crippen LogP contribution in [0.15, 0.2) is 48.0 Å². The van der Waals surface area contributed by atoms with Crippen LogP contribution < -0.4 is 24.8 Å². The Labute approximate surface area is 186 Å². The number of allylic oxidation sites excluding steroid dienone is 1. The monoisotopic (exact) mass is 463 g/mol. The molecule has 26 heavy (non-hydrogen) atoms. The SMILES string of the molecule is CCCCC1=Cc2c(-c3ccc(CCCC)cc3)cccc2[CH]1[Zr+2].[Cl-].[Cl-]. The summed E-state index contributed by atoms with van der Waals surface area (Å²) in [4.78, 5) is 0. The second-order valence-electron chi connectivity index (χ2n) is 6.86. The smallest absolute Gasteiger partial charge is 1.00 e. The zero-order valence-corrected chi connectivity index (χ0v) is 19.7. The molecule has 1 aliphatic rings. The Morgan fingerprint density at radius 3 is 2.15 bits per heavy atom. The van der Waals surface area contributed by atoms with Crippen molar-refractivity contribution in [2.45, 2.75) is 56.0 Å². The molecule has 0 fully saturated rings. The molecule has 1 aliphatic carbocycles. The van der Waals surface area contributed by atoms with Crippen LogP contribution >= 0.6 is 0 Å². The Kier molecular flexibility index (Phi) is 10.5. The Bertz CT molecular complexity index is 719. The van der Waals surface area contributed by atoms with Gasteiger partial charge in [-0.2, -0.15) is 0 Å². The Balaban J connectivity index is 0.00000169. The van der Waals surface area contributed by atoms with Gasteiger partial charge in [0.05, 0.1) is 0 Å². The summed E-state index contributed by atoms with van der Waals surface area (Å²) in [5.74, 6) is 0. The van der Waals surface area contributed by atoms with Gasteiger partial charge >= 0.3 is 163 Å². The molecule has 0 aliphatic heterocycles. The molecule has 0 spiro atoms. The fourth-order valence-corrected chi connectivity index (χ4v) is 4.72. The molecule has 3 heteroatoms.